The number of nitro groups is 1. The lowest BCUT2D eigenvalue weighted by molar-refractivity contribution is -0.385. The van der Waals surface area contributed by atoms with Gasteiger partial charge >= 0.3 is 5.69 Å². The Morgan fingerprint density at radius 3 is 2.86 bits per heavy atom. The summed E-state index contributed by atoms with van der Waals surface area (Å²) in [6.07, 6.45) is 1.57. The number of hydrogen-bond acceptors (Lipinski definition) is 5. The Labute approximate surface area is 126 Å². The van der Waals surface area contributed by atoms with E-state index in [1.165, 1.54) is 18.2 Å². The average molecular weight is 308 g/mol. The van der Waals surface area contributed by atoms with Crippen LogP contribution in [0.2, 0.25) is 5.02 Å². The Morgan fingerprint density at radius 1 is 1.43 bits per heavy atom. The molecule has 0 bridgehead atoms. The molecule has 0 saturated carbocycles. The molecule has 2 aromatic rings. The maximum absolute atomic E-state index is 11.0. The van der Waals surface area contributed by atoms with E-state index < -0.39 is 4.92 Å². The molecule has 1 unspecified atom stereocenters. The number of halogens is 1. The molecule has 0 saturated heterocycles. The zero-order valence-electron chi connectivity index (χ0n) is 11.5. The van der Waals surface area contributed by atoms with Crippen molar-refractivity contribution < 1.29 is 9.66 Å². The molecule has 6 nitrogen and oxygen atoms in total. The van der Waals surface area contributed by atoms with Crippen molar-refractivity contribution in [2.45, 2.75) is 13.0 Å². The number of hydrogen-bond donors (Lipinski definition) is 1. The number of nitro benzene ring substituents is 1. The first-order valence-corrected chi connectivity index (χ1v) is 6.64. The summed E-state index contributed by atoms with van der Waals surface area (Å²) in [6, 6.07) is 7.78. The fourth-order valence-electron chi connectivity index (χ4n) is 1.80. The van der Waals surface area contributed by atoms with Crippen LogP contribution in [-0.2, 0) is 0 Å². The summed E-state index contributed by atoms with van der Waals surface area (Å²) in [6.45, 7) is 1.94. The smallest absolute Gasteiger partial charge is 0.311 e. The summed E-state index contributed by atoms with van der Waals surface area (Å²) in [4.78, 5) is 14.7. The van der Waals surface area contributed by atoms with Gasteiger partial charge in [0.25, 0.3) is 0 Å². The molecule has 0 fully saturated rings. The van der Waals surface area contributed by atoms with E-state index in [0.717, 1.165) is 5.56 Å². The van der Waals surface area contributed by atoms with E-state index in [0.29, 0.717) is 10.9 Å². The molecular weight excluding hydrogens is 294 g/mol. The maximum Gasteiger partial charge on any atom is 0.311 e. The molecule has 0 aliphatic rings. The summed E-state index contributed by atoms with van der Waals surface area (Å²) >= 11 is 5.88. The number of nitrogens with one attached hydrogen (secondary N) is 1. The molecule has 1 atom stereocenters. The number of rotatable bonds is 5. The third kappa shape index (κ3) is 3.48. The van der Waals surface area contributed by atoms with Gasteiger partial charge in [0.2, 0.25) is 11.6 Å². The van der Waals surface area contributed by atoms with Crippen LogP contribution in [0.3, 0.4) is 0 Å². The van der Waals surface area contributed by atoms with Crippen LogP contribution in [0.4, 0.5) is 5.69 Å². The van der Waals surface area contributed by atoms with Gasteiger partial charge in [-0.1, -0.05) is 17.7 Å². The highest BCUT2D eigenvalue weighted by atomic mass is 35.5. The molecule has 1 heterocycles. The van der Waals surface area contributed by atoms with Crippen molar-refractivity contribution in [3.05, 3.63) is 57.2 Å². The van der Waals surface area contributed by atoms with E-state index in [1.54, 1.807) is 12.3 Å². The molecule has 110 valence electrons. The molecule has 1 aromatic heterocycles. The van der Waals surface area contributed by atoms with Crippen LogP contribution >= 0.6 is 11.6 Å². The fourth-order valence-corrected chi connectivity index (χ4v) is 1.96. The summed E-state index contributed by atoms with van der Waals surface area (Å²) in [5.41, 5.74) is 0.641. The van der Waals surface area contributed by atoms with Gasteiger partial charge in [-0.3, -0.25) is 10.1 Å². The van der Waals surface area contributed by atoms with Crippen molar-refractivity contribution >= 4 is 17.3 Å². The first-order valence-electron chi connectivity index (χ1n) is 6.27. The fraction of sp³-hybridized carbons (Fsp3) is 0.214. The Balaban J connectivity index is 2.43. The highest BCUT2D eigenvalue weighted by Crippen LogP contribution is 2.35. The third-order valence-electron chi connectivity index (χ3n) is 3.03. The molecule has 0 amide bonds. The zero-order chi connectivity index (χ0) is 15.4. The summed E-state index contributed by atoms with van der Waals surface area (Å²) in [5, 5.41) is 14.5. The van der Waals surface area contributed by atoms with Crippen molar-refractivity contribution in [2.75, 3.05) is 7.05 Å². The lowest BCUT2D eigenvalue weighted by Crippen LogP contribution is -2.13. The lowest BCUT2D eigenvalue weighted by Gasteiger charge is -2.15. The van der Waals surface area contributed by atoms with Crippen LogP contribution in [-0.4, -0.2) is 17.0 Å². The Kier molecular flexibility index (Phi) is 4.72. The molecule has 0 aliphatic carbocycles. The standard InChI is InChI=1S/C14H14ClN3O3/c1-9(16-2)11-4-3-7-17-14(11)21-13-8-10(15)5-6-12(13)18(19)20/h3-9,16H,1-2H3. The first-order chi connectivity index (χ1) is 10.0. The van der Waals surface area contributed by atoms with Crippen LogP contribution in [0, 0.1) is 10.1 Å². The van der Waals surface area contributed by atoms with E-state index in [-0.39, 0.29) is 17.5 Å². The molecule has 0 aliphatic heterocycles. The molecular formula is C14H14ClN3O3. The highest BCUT2D eigenvalue weighted by Gasteiger charge is 2.19. The highest BCUT2D eigenvalue weighted by molar-refractivity contribution is 6.30. The van der Waals surface area contributed by atoms with Crippen molar-refractivity contribution in [3.63, 3.8) is 0 Å². The molecule has 7 heteroatoms. The van der Waals surface area contributed by atoms with Gasteiger partial charge in [0.15, 0.2) is 0 Å². The predicted octanol–water partition coefficient (Wildman–Crippen LogP) is 3.72. The van der Waals surface area contributed by atoms with Crippen LogP contribution in [0.25, 0.3) is 0 Å². The largest absolute Gasteiger partial charge is 0.431 e. The van der Waals surface area contributed by atoms with Crippen molar-refractivity contribution in [1.29, 1.82) is 0 Å². The van der Waals surface area contributed by atoms with E-state index in [2.05, 4.69) is 10.3 Å². The van der Waals surface area contributed by atoms with Gasteiger partial charge in [0, 0.05) is 35.0 Å². The number of ether oxygens (including phenoxy) is 1. The number of pyridine rings is 1. The van der Waals surface area contributed by atoms with E-state index >= 15 is 0 Å². The average Bonchev–Trinajstić information content (AvgIpc) is 2.47. The topological polar surface area (TPSA) is 77.3 Å². The van der Waals surface area contributed by atoms with Gasteiger partial charge in [0.05, 0.1) is 4.92 Å². The van der Waals surface area contributed by atoms with Crippen LogP contribution in [0.5, 0.6) is 11.6 Å². The second-order valence-corrected chi connectivity index (χ2v) is 4.82. The second-order valence-electron chi connectivity index (χ2n) is 4.38. The quantitative estimate of drug-likeness (QED) is 0.673. The molecule has 0 spiro atoms. The predicted molar refractivity (Wildman–Crippen MR) is 79.9 cm³/mol. The molecule has 21 heavy (non-hydrogen) atoms. The van der Waals surface area contributed by atoms with Crippen molar-refractivity contribution in [1.82, 2.24) is 10.3 Å². The molecule has 1 aromatic carbocycles. The van der Waals surface area contributed by atoms with Gasteiger partial charge in [-0.15, -0.1) is 0 Å². The van der Waals surface area contributed by atoms with Gasteiger partial charge in [0.1, 0.15) is 0 Å². The Morgan fingerprint density at radius 2 is 2.19 bits per heavy atom. The monoisotopic (exact) mass is 307 g/mol. The SMILES string of the molecule is CNC(C)c1cccnc1Oc1cc(Cl)ccc1[N+](=O)[O-]. The minimum absolute atomic E-state index is 0.00746. The summed E-state index contributed by atoms with van der Waals surface area (Å²) in [5.74, 6) is 0.375. The summed E-state index contributed by atoms with van der Waals surface area (Å²) in [7, 11) is 1.81. The number of nitrogens with zero attached hydrogens (tertiary/aromatic N) is 2. The maximum atomic E-state index is 11.0. The summed E-state index contributed by atoms with van der Waals surface area (Å²) < 4.78 is 5.63. The van der Waals surface area contributed by atoms with Crippen LogP contribution in [0.1, 0.15) is 18.5 Å². The van der Waals surface area contributed by atoms with Gasteiger partial charge < -0.3 is 10.1 Å². The first kappa shape index (κ1) is 15.2. The Hall–Kier alpha value is -2.18. The van der Waals surface area contributed by atoms with Crippen LogP contribution in [0.15, 0.2) is 36.5 Å². The second kappa shape index (κ2) is 6.51. The molecule has 1 N–H and O–H groups in total. The Bertz CT molecular complexity index is 664. The van der Waals surface area contributed by atoms with Gasteiger partial charge in [-0.05, 0) is 26.1 Å². The zero-order valence-corrected chi connectivity index (χ0v) is 12.3. The molecule has 2 rings (SSSR count). The van der Waals surface area contributed by atoms with Crippen molar-refractivity contribution in [3.8, 4) is 11.6 Å². The van der Waals surface area contributed by atoms with E-state index in [4.69, 9.17) is 16.3 Å². The number of aromatic nitrogens is 1. The lowest BCUT2D eigenvalue weighted by atomic mass is 10.1. The normalized spacial score (nSPS) is 12.0. The minimum atomic E-state index is -0.518. The van der Waals surface area contributed by atoms with Crippen molar-refractivity contribution in [2.24, 2.45) is 0 Å². The van der Waals surface area contributed by atoms with Gasteiger partial charge in [-0.2, -0.15) is 0 Å². The molecule has 0 radical (unpaired) electrons. The number of benzene rings is 1. The minimum Gasteiger partial charge on any atom is -0.431 e. The van der Waals surface area contributed by atoms with Gasteiger partial charge in [-0.25, -0.2) is 4.98 Å². The third-order valence-corrected chi connectivity index (χ3v) is 3.26. The van der Waals surface area contributed by atoms with Crippen LogP contribution < -0.4 is 10.1 Å². The van der Waals surface area contributed by atoms with E-state index in [1.807, 2.05) is 20.0 Å². The van der Waals surface area contributed by atoms with E-state index in [9.17, 15) is 10.1 Å².